The molecule has 0 saturated heterocycles. The summed E-state index contributed by atoms with van der Waals surface area (Å²) in [6.45, 7) is 5.41. The molecule has 0 aliphatic rings. The monoisotopic (exact) mass is 418 g/mol. The molecule has 0 saturated carbocycles. The van der Waals surface area contributed by atoms with E-state index in [-0.39, 0.29) is 30.8 Å². The standard InChI is InChI=1S/C10H17N5O6.C6H13NO/c1-4(17)7(9(18)19)14-10(20)12-2-6-13-8(15-21-6)5(11)3-16;1-3-5-7-6(8)4-2/h4-5,7,16-17H,2-3,11H2,1H3,(H,18,19)(H2,12,14,20);3-5H2,1-2H3,(H,7,8). The summed E-state index contributed by atoms with van der Waals surface area (Å²) in [5, 5.41) is 37.4. The summed E-state index contributed by atoms with van der Waals surface area (Å²) >= 11 is 0. The average Bonchev–Trinajstić information content (AvgIpc) is 3.17. The third-order valence-corrected chi connectivity index (χ3v) is 3.34. The minimum absolute atomic E-state index is 0.0352. The summed E-state index contributed by atoms with van der Waals surface area (Å²) in [4.78, 5) is 36.6. The van der Waals surface area contributed by atoms with Gasteiger partial charge in [-0.1, -0.05) is 19.0 Å². The smallest absolute Gasteiger partial charge is 0.328 e. The molecule has 166 valence electrons. The summed E-state index contributed by atoms with van der Waals surface area (Å²) < 4.78 is 4.78. The molecular weight excluding hydrogens is 388 g/mol. The maximum absolute atomic E-state index is 11.5. The van der Waals surface area contributed by atoms with Gasteiger partial charge in [-0.15, -0.1) is 0 Å². The van der Waals surface area contributed by atoms with Crippen molar-refractivity contribution in [1.82, 2.24) is 26.1 Å². The fraction of sp³-hybridized carbons (Fsp3) is 0.688. The van der Waals surface area contributed by atoms with Gasteiger partial charge in [-0.25, -0.2) is 9.59 Å². The molecular formula is C16H30N6O7. The Hall–Kier alpha value is -2.77. The number of carboxylic acid groups (broad SMARTS) is 1. The number of nitrogens with two attached hydrogens (primary N) is 1. The number of nitrogens with one attached hydrogen (secondary N) is 3. The van der Waals surface area contributed by atoms with Crippen LogP contribution in [0.2, 0.25) is 0 Å². The molecule has 0 aliphatic carbocycles. The van der Waals surface area contributed by atoms with Crippen molar-refractivity contribution < 1.29 is 34.2 Å². The minimum atomic E-state index is -1.44. The van der Waals surface area contributed by atoms with Crippen molar-refractivity contribution in [2.75, 3.05) is 13.2 Å². The van der Waals surface area contributed by atoms with Crippen molar-refractivity contribution in [3.8, 4) is 0 Å². The normalized spacial score (nSPS) is 13.3. The molecule has 1 heterocycles. The molecule has 1 aromatic heterocycles. The summed E-state index contributed by atoms with van der Waals surface area (Å²) in [7, 11) is 0. The molecule has 3 atom stereocenters. The molecule has 8 N–H and O–H groups in total. The van der Waals surface area contributed by atoms with Crippen LogP contribution in [-0.2, 0) is 16.1 Å². The molecule has 0 spiro atoms. The minimum Gasteiger partial charge on any atom is -0.480 e. The molecule has 3 unspecified atom stereocenters. The zero-order valence-corrected chi connectivity index (χ0v) is 16.7. The van der Waals surface area contributed by atoms with Gasteiger partial charge in [-0.3, -0.25) is 4.79 Å². The number of amides is 3. The molecule has 0 aliphatic heterocycles. The number of nitrogens with zero attached hydrogens (tertiary/aromatic N) is 2. The first-order chi connectivity index (χ1) is 13.7. The molecule has 0 aromatic carbocycles. The molecule has 13 nitrogen and oxygen atoms in total. The van der Waals surface area contributed by atoms with Crippen LogP contribution in [0.15, 0.2) is 4.52 Å². The van der Waals surface area contributed by atoms with Crippen LogP contribution in [0.25, 0.3) is 0 Å². The first-order valence-electron chi connectivity index (χ1n) is 9.06. The highest BCUT2D eigenvalue weighted by atomic mass is 16.5. The van der Waals surface area contributed by atoms with Crippen molar-refractivity contribution in [2.24, 2.45) is 5.73 Å². The Labute approximate surface area is 168 Å². The number of carbonyl (C=O) groups excluding carboxylic acids is 2. The molecule has 3 amide bonds. The van der Waals surface area contributed by atoms with Crippen molar-refractivity contribution in [3.05, 3.63) is 11.7 Å². The lowest BCUT2D eigenvalue weighted by Gasteiger charge is -2.16. The predicted molar refractivity (Wildman–Crippen MR) is 100 cm³/mol. The highest BCUT2D eigenvalue weighted by Gasteiger charge is 2.25. The number of hydrogen-bond donors (Lipinski definition) is 7. The summed E-state index contributed by atoms with van der Waals surface area (Å²) in [6, 6.07) is -3.05. The number of rotatable bonds is 10. The van der Waals surface area contributed by atoms with Crippen LogP contribution in [0.1, 0.15) is 51.4 Å². The highest BCUT2D eigenvalue weighted by molar-refractivity contribution is 5.82. The van der Waals surface area contributed by atoms with Crippen LogP contribution in [0.5, 0.6) is 0 Å². The number of carbonyl (C=O) groups is 3. The van der Waals surface area contributed by atoms with Gasteiger partial charge < -0.3 is 41.5 Å². The largest absolute Gasteiger partial charge is 0.480 e. The van der Waals surface area contributed by atoms with Crippen LogP contribution >= 0.6 is 0 Å². The maximum atomic E-state index is 11.5. The van der Waals surface area contributed by atoms with E-state index in [0.717, 1.165) is 13.0 Å². The fourth-order valence-electron chi connectivity index (χ4n) is 1.70. The second-order valence-corrected chi connectivity index (χ2v) is 5.92. The van der Waals surface area contributed by atoms with Crippen molar-refractivity contribution in [3.63, 3.8) is 0 Å². The lowest BCUT2D eigenvalue weighted by Crippen LogP contribution is -2.51. The first-order valence-corrected chi connectivity index (χ1v) is 9.06. The number of aliphatic carboxylic acids is 1. The van der Waals surface area contributed by atoms with E-state index < -0.39 is 30.2 Å². The average molecular weight is 418 g/mol. The third-order valence-electron chi connectivity index (χ3n) is 3.34. The Balaban J connectivity index is 0.000000828. The fourth-order valence-corrected chi connectivity index (χ4v) is 1.70. The van der Waals surface area contributed by atoms with Gasteiger partial charge in [0.25, 0.3) is 0 Å². The number of hydrogen-bond acceptors (Lipinski definition) is 9. The van der Waals surface area contributed by atoms with E-state index in [1.54, 1.807) is 0 Å². The Kier molecular flexibility index (Phi) is 12.9. The lowest BCUT2D eigenvalue weighted by molar-refractivity contribution is -0.141. The quantitative estimate of drug-likeness (QED) is 0.236. The molecule has 13 heteroatoms. The van der Waals surface area contributed by atoms with Gasteiger partial charge in [0.2, 0.25) is 11.8 Å². The Bertz CT molecular complexity index is 637. The van der Waals surface area contributed by atoms with Gasteiger partial charge in [0.1, 0.15) is 0 Å². The van der Waals surface area contributed by atoms with E-state index in [0.29, 0.717) is 6.42 Å². The zero-order chi connectivity index (χ0) is 22.4. The zero-order valence-electron chi connectivity index (χ0n) is 16.7. The van der Waals surface area contributed by atoms with Gasteiger partial charge >= 0.3 is 12.0 Å². The van der Waals surface area contributed by atoms with Crippen molar-refractivity contribution >= 4 is 17.9 Å². The number of aromatic nitrogens is 2. The van der Waals surface area contributed by atoms with Crippen LogP contribution in [0, 0.1) is 0 Å². The predicted octanol–water partition coefficient (Wildman–Crippen LogP) is -1.38. The van der Waals surface area contributed by atoms with Crippen molar-refractivity contribution in [1.29, 1.82) is 0 Å². The van der Waals surface area contributed by atoms with Gasteiger partial charge in [0.05, 0.1) is 25.3 Å². The molecule has 1 rings (SSSR count). The van der Waals surface area contributed by atoms with E-state index in [2.05, 4.69) is 26.1 Å². The van der Waals surface area contributed by atoms with Crippen LogP contribution in [0.4, 0.5) is 4.79 Å². The van der Waals surface area contributed by atoms with Gasteiger partial charge in [-0.2, -0.15) is 4.98 Å². The summed E-state index contributed by atoms with van der Waals surface area (Å²) in [6.07, 6.45) is 0.358. The van der Waals surface area contributed by atoms with Gasteiger partial charge in [0, 0.05) is 13.0 Å². The Morgan fingerprint density at radius 3 is 2.38 bits per heavy atom. The second-order valence-electron chi connectivity index (χ2n) is 5.92. The first kappa shape index (κ1) is 26.2. The van der Waals surface area contributed by atoms with Gasteiger partial charge in [-0.05, 0) is 13.3 Å². The SMILES string of the molecule is CC(O)C(NC(=O)NCc1nc(C(N)CO)no1)C(=O)O.CCCNC(=O)CC. The van der Waals surface area contributed by atoms with E-state index in [9.17, 15) is 19.5 Å². The molecule has 0 radical (unpaired) electrons. The topological polar surface area (TPSA) is 213 Å². The number of carboxylic acids is 1. The highest BCUT2D eigenvalue weighted by Crippen LogP contribution is 2.04. The van der Waals surface area contributed by atoms with E-state index in [4.69, 9.17) is 20.5 Å². The second kappa shape index (κ2) is 14.3. The summed E-state index contributed by atoms with van der Waals surface area (Å²) in [5.74, 6) is -1.10. The molecule has 29 heavy (non-hydrogen) atoms. The molecule has 1 aromatic rings. The van der Waals surface area contributed by atoms with Crippen LogP contribution < -0.4 is 21.7 Å². The van der Waals surface area contributed by atoms with Crippen molar-refractivity contribution in [2.45, 2.75) is 58.3 Å². The lowest BCUT2D eigenvalue weighted by atomic mass is 10.2. The molecule has 0 bridgehead atoms. The number of urea groups is 1. The van der Waals surface area contributed by atoms with E-state index in [1.807, 2.05) is 13.8 Å². The summed E-state index contributed by atoms with van der Waals surface area (Å²) in [5.41, 5.74) is 5.47. The van der Waals surface area contributed by atoms with Crippen LogP contribution in [0.3, 0.4) is 0 Å². The van der Waals surface area contributed by atoms with E-state index >= 15 is 0 Å². The third kappa shape index (κ3) is 11.0. The van der Waals surface area contributed by atoms with E-state index in [1.165, 1.54) is 6.92 Å². The van der Waals surface area contributed by atoms with Crippen LogP contribution in [-0.4, -0.2) is 68.7 Å². The van der Waals surface area contributed by atoms with Gasteiger partial charge in [0.15, 0.2) is 11.9 Å². The Morgan fingerprint density at radius 2 is 1.90 bits per heavy atom. The maximum Gasteiger partial charge on any atom is 0.328 e. The Morgan fingerprint density at radius 1 is 1.24 bits per heavy atom. The molecule has 0 fully saturated rings. The number of aliphatic hydroxyl groups is 2. The number of aliphatic hydroxyl groups excluding tert-OH is 2.